The van der Waals surface area contributed by atoms with E-state index in [1.54, 1.807) is 35.0 Å². The Morgan fingerprint density at radius 2 is 1.81 bits per heavy atom. The number of fused-ring (bicyclic) bond motifs is 1. The van der Waals surface area contributed by atoms with E-state index in [1.165, 1.54) is 17.0 Å². The molecule has 1 aromatic heterocycles. The van der Waals surface area contributed by atoms with Crippen LogP contribution in [0, 0.1) is 5.92 Å². The first-order valence-electron chi connectivity index (χ1n) is 10.2. The van der Waals surface area contributed by atoms with Gasteiger partial charge in [-0.15, -0.1) is 0 Å². The maximum absolute atomic E-state index is 13.0. The largest absolute Gasteiger partial charge is 0.478 e. The Morgan fingerprint density at radius 3 is 2.52 bits per heavy atom. The third-order valence-corrected chi connectivity index (χ3v) is 5.94. The standard InChI is InChI=1S/C23H24N4O4/c1-25(19-5-3-4-17(12-19)22(29)30)23(31)27-10-8-15(9-11-27)21(28)16-6-7-18-14-24-26(2)20(18)13-16/h3-7,12-15H,8-11H2,1-2H3,(H,29,30). The van der Waals surface area contributed by atoms with Gasteiger partial charge in [-0.25, -0.2) is 9.59 Å². The number of ketones is 1. The molecule has 160 valence electrons. The van der Waals surface area contributed by atoms with Crippen LogP contribution >= 0.6 is 0 Å². The zero-order chi connectivity index (χ0) is 22.1. The van der Waals surface area contributed by atoms with Gasteiger partial charge in [-0.3, -0.25) is 14.4 Å². The van der Waals surface area contributed by atoms with Gasteiger partial charge in [0, 0.05) is 49.7 Å². The summed E-state index contributed by atoms with van der Waals surface area (Å²) in [5.74, 6) is -1.07. The van der Waals surface area contributed by atoms with Crippen molar-refractivity contribution in [2.75, 3.05) is 25.0 Å². The van der Waals surface area contributed by atoms with Gasteiger partial charge in [-0.1, -0.05) is 18.2 Å². The lowest BCUT2D eigenvalue weighted by atomic mass is 9.88. The fourth-order valence-electron chi connectivity index (χ4n) is 4.04. The molecule has 0 radical (unpaired) electrons. The first-order chi connectivity index (χ1) is 14.8. The number of benzene rings is 2. The molecule has 3 aromatic rings. The van der Waals surface area contributed by atoms with Gasteiger partial charge in [0.25, 0.3) is 0 Å². The van der Waals surface area contributed by atoms with Crippen LogP contribution in [-0.4, -0.2) is 57.7 Å². The second kappa shape index (κ2) is 8.22. The van der Waals surface area contributed by atoms with Crippen LogP contribution in [0.25, 0.3) is 10.9 Å². The average molecular weight is 420 g/mol. The van der Waals surface area contributed by atoms with E-state index in [2.05, 4.69) is 5.10 Å². The summed E-state index contributed by atoms with van der Waals surface area (Å²) in [7, 11) is 3.48. The van der Waals surface area contributed by atoms with Gasteiger partial charge in [-0.2, -0.15) is 5.10 Å². The van der Waals surface area contributed by atoms with E-state index in [0.29, 0.717) is 37.2 Å². The molecule has 8 nitrogen and oxygen atoms in total. The number of amides is 2. The maximum atomic E-state index is 13.0. The molecule has 0 saturated carbocycles. The van der Waals surface area contributed by atoms with Gasteiger partial charge in [0.1, 0.15) is 0 Å². The van der Waals surface area contributed by atoms with Crippen LogP contribution in [0.2, 0.25) is 0 Å². The molecule has 1 aliphatic rings. The normalized spacial score (nSPS) is 14.6. The zero-order valence-electron chi connectivity index (χ0n) is 17.5. The van der Waals surface area contributed by atoms with Crippen LogP contribution in [0.1, 0.15) is 33.6 Å². The first kappa shape index (κ1) is 20.6. The van der Waals surface area contributed by atoms with Crippen molar-refractivity contribution in [2.45, 2.75) is 12.8 Å². The number of aryl methyl sites for hydroxylation is 1. The Bertz CT molecular complexity index is 1160. The first-order valence-corrected chi connectivity index (χ1v) is 10.2. The number of hydrogen-bond donors (Lipinski definition) is 1. The van der Waals surface area contributed by atoms with Gasteiger partial charge >= 0.3 is 12.0 Å². The molecule has 1 aliphatic heterocycles. The second-order valence-electron chi connectivity index (χ2n) is 7.86. The number of carboxylic acids is 1. The van der Waals surface area contributed by atoms with Gasteiger partial charge in [0.15, 0.2) is 5.78 Å². The minimum Gasteiger partial charge on any atom is -0.478 e. The highest BCUT2D eigenvalue weighted by atomic mass is 16.4. The summed E-state index contributed by atoms with van der Waals surface area (Å²) in [4.78, 5) is 40.2. The quantitative estimate of drug-likeness (QED) is 0.653. The molecule has 0 aliphatic carbocycles. The Labute approximate surface area is 179 Å². The van der Waals surface area contributed by atoms with Gasteiger partial charge in [0.2, 0.25) is 0 Å². The maximum Gasteiger partial charge on any atom is 0.335 e. The molecule has 0 spiro atoms. The molecule has 2 amide bonds. The predicted octanol–water partition coefficient (Wildman–Crippen LogP) is 3.42. The molecule has 0 unspecified atom stereocenters. The monoisotopic (exact) mass is 420 g/mol. The van der Waals surface area contributed by atoms with Gasteiger partial charge < -0.3 is 10.0 Å². The van der Waals surface area contributed by atoms with Crippen molar-refractivity contribution in [3.8, 4) is 0 Å². The Morgan fingerprint density at radius 1 is 1.06 bits per heavy atom. The molecule has 1 saturated heterocycles. The Hall–Kier alpha value is -3.68. The van der Waals surface area contributed by atoms with Crippen molar-refractivity contribution in [1.82, 2.24) is 14.7 Å². The number of aromatic carboxylic acids is 1. The smallest absolute Gasteiger partial charge is 0.335 e. The third-order valence-electron chi connectivity index (χ3n) is 5.94. The molecular weight excluding hydrogens is 396 g/mol. The molecule has 2 heterocycles. The van der Waals surface area contributed by atoms with Crippen LogP contribution in [0.4, 0.5) is 10.5 Å². The fourth-order valence-corrected chi connectivity index (χ4v) is 4.04. The molecule has 8 heteroatoms. The predicted molar refractivity (Wildman–Crippen MR) is 117 cm³/mol. The van der Waals surface area contributed by atoms with Crippen LogP contribution in [0.3, 0.4) is 0 Å². The van der Waals surface area contributed by atoms with E-state index >= 15 is 0 Å². The molecule has 1 fully saturated rings. The van der Waals surface area contributed by atoms with E-state index in [9.17, 15) is 14.4 Å². The molecule has 2 aromatic carbocycles. The van der Waals surface area contributed by atoms with Crippen molar-refractivity contribution in [1.29, 1.82) is 0 Å². The molecular formula is C23H24N4O4. The number of aromatic nitrogens is 2. The molecule has 0 atom stereocenters. The van der Waals surface area contributed by atoms with E-state index in [4.69, 9.17) is 5.11 Å². The van der Waals surface area contributed by atoms with E-state index < -0.39 is 5.97 Å². The topological polar surface area (TPSA) is 95.7 Å². The Balaban J connectivity index is 1.41. The summed E-state index contributed by atoms with van der Waals surface area (Å²) in [6.45, 7) is 0.957. The molecule has 0 bridgehead atoms. The summed E-state index contributed by atoms with van der Waals surface area (Å²) >= 11 is 0. The van der Waals surface area contributed by atoms with E-state index in [-0.39, 0.29) is 23.3 Å². The number of piperidine rings is 1. The number of urea groups is 1. The van der Waals surface area contributed by atoms with Crippen molar-refractivity contribution >= 4 is 34.4 Å². The van der Waals surface area contributed by atoms with Crippen molar-refractivity contribution in [3.05, 3.63) is 59.8 Å². The van der Waals surface area contributed by atoms with Crippen LogP contribution in [0.15, 0.2) is 48.7 Å². The van der Waals surface area contributed by atoms with Crippen molar-refractivity contribution in [2.24, 2.45) is 13.0 Å². The summed E-state index contributed by atoms with van der Waals surface area (Å²) in [6, 6.07) is 11.7. The number of carboxylic acid groups (broad SMARTS) is 1. The zero-order valence-corrected chi connectivity index (χ0v) is 17.5. The number of nitrogens with zero attached hydrogens (tertiary/aromatic N) is 4. The number of carbonyl (C=O) groups is 3. The SMILES string of the molecule is CN(C(=O)N1CCC(C(=O)c2ccc3cnn(C)c3c2)CC1)c1cccc(C(=O)O)c1. The lowest BCUT2D eigenvalue weighted by molar-refractivity contribution is 0.0696. The minimum atomic E-state index is -1.04. The van der Waals surface area contributed by atoms with Crippen LogP contribution < -0.4 is 4.90 Å². The highest BCUT2D eigenvalue weighted by Gasteiger charge is 2.30. The van der Waals surface area contributed by atoms with Gasteiger partial charge in [-0.05, 0) is 37.1 Å². The van der Waals surface area contributed by atoms with Crippen LogP contribution in [0.5, 0.6) is 0 Å². The lowest BCUT2D eigenvalue weighted by Crippen LogP contribution is -2.46. The van der Waals surface area contributed by atoms with Gasteiger partial charge in [0.05, 0.1) is 17.3 Å². The van der Waals surface area contributed by atoms with Crippen molar-refractivity contribution < 1.29 is 19.5 Å². The summed E-state index contributed by atoms with van der Waals surface area (Å²) < 4.78 is 1.75. The summed E-state index contributed by atoms with van der Waals surface area (Å²) in [6.07, 6.45) is 2.96. The number of rotatable bonds is 4. The van der Waals surface area contributed by atoms with Crippen molar-refractivity contribution in [3.63, 3.8) is 0 Å². The van der Waals surface area contributed by atoms with Crippen LogP contribution in [-0.2, 0) is 7.05 Å². The lowest BCUT2D eigenvalue weighted by Gasteiger charge is -2.34. The number of Topliss-reactive ketones (excluding diaryl/α,β-unsaturated/α-hetero) is 1. The number of hydrogen-bond acceptors (Lipinski definition) is 4. The van der Waals surface area contributed by atoms with E-state index in [0.717, 1.165) is 10.9 Å². The second-order valence-corrected chi connectivity index (χ2v) is 7.86. The third kappa shape index (κ3) is 4.01. The highest BCUT2D eigenvalue weighted by molar-refractivity contribution is 6.01. The minimum absolute atomic E-state index is 0.0951. The number of carbonyl (C=O) groups excluding carboxylic acids is 2. The fraction of sp³-hybridized carbons (Fsp3) is 0.304. The van der Waals surface area contributed by atoms with E-state index in [1.807, 2.05) is 25.2 Å². The number of likely N-dealkylation sites (tertiary alicyclic amines) is 1. The number of anilines is 1. The highest BCUT2D eigenvalue weighted by Crippen LogP contribution is 2.25. The summed E-state index contributed by atoms with van der Waals surface area (Å²) in [5, 5.41) is 14.4. The summed E-state index contributed by atoms with van der Waals surface area (Å²) in [5.41, 5.74) is 2.24. The molecule has 4 rings (SSSR count). The molecule has 1 N–H and O–H groups in total. The Kier molecular flexibility index (Phi) is 5.46. The molecule has 31 heavy (non-hydrogen) atoms. The average Bonchev–Trinajstić information content (AvgIpc) is 3.17.